The summed E-state index contributed by atoms with van der Waals surface area (Å²) in [6, 6.07) is 3.37. The van der Waals surface area contributed by atoms with Gasteiger partial charge < -0.3 is 5.32 Å². The zero-order valence-electron chi connectivity index (χ0n) is 6.49. The first-order valence-corrected chi connectivity index (χ1v) is 4.68. The van der Waals surface area contributed by atoms with E-state index in [1.54, 1.807) is 12.1 Å². The van der Waals surface area contributed by atoms with Crippen molar-refractivity contribution in [3.63, 3.8) is 0 Å². The zero-order valence-corrected chi connectivity index (χ0v) is 8.06. The first-order valence-electron chi connectivity index (χ1n) is 3.49. The van der Waals surface area contributed by atoms with Gasteiger partial charge in [0.1, 0.15) is 0 Å². The Morgan fingerprint density at radius 2 is 2.08 bits per heavy atom. The summed E-state index contributed by atoms with van der Waals surface area (Å²) < 4.78 is 35.6. The van der Waals surface area contributed by atoms with Gasteiger partial charge in [-0.15, -0.1) is 11.3 Å². The summed E-state index contributed by atoms with van der Waals surface area (Å²) in [4.78, 5) is 0.800. The summed E-state index contributed by atoms with van der Waals surface area (Å²) in [5, 5.41) is 2.28. The molecule has 0 fully saturated rings. The van der Waals surface area contributed by atoms with Gasteiger partial charge >= 0.3 is 6.18 Å². The number of thiophene rings is 1. The van der Waals surface area contributed by atoms with Gasteiger partial charge in [-0.2, -0.15) is 13.2 Å². The van der Waals surface area contributed by atoms with Crippen molar-refractivity contribution in [2.75, 3.05) is 6.54 Å². The normalized spacial score (nSPS) is 12.0. The fourth-order valence-electron chi connectivity index (χ4n) is 0.774. The molecule has 1 nitrogen and oxygen atoms in total. The largest absolute Gasteiger partial charge is 0.401 e. The molecule has 0 saturated carbocycles. The van der Waals surface area contributed by atoms with E-state index in [0.717, 1.165) is 4.88 Å². The molecular weight excluding hydrogens is 223 g/mol. The predicted molar refractivity (Wildman–Crippen MR) is 47.1 cm³/mol. The van der Waals surface area contributed by atoms with Crippen LogP contribution in [0.25, 0.3) is 0 Å². The minimum atomic E-state index is -4.15. The molecule has 0 saturated heterocycles. The quantitative estimate of drug-likeness (QED) is 0.840. The highest BCUT2D eigenvalue weighted by Gasteiger charge is 2.26. The molecule has 0 spiro atoms. The molecule has 1 aromatic rings. The molecule has 0 unspecified atom stereocenters. The summed E-state index contributed by atoms with van der Waals surface area (Å²) in [6.45, 7) is -0.764. The Bertz CT molecular complexity index is 271. The van der Waals surface area contributed by atoms with Crippen LogP contribution in [-0.4, -0.2) is 12.7 Å². The Morgan fingerprint density at radius 1 is 1.38 bits per heavy atom. The minimum Gasteiger partial charge on any atom is -0.304 e. The van der Waals surface area contributed by atoms with Crippen molar-refractivity contribution in [3.05, 3.63) is 21.3 Å². The summed E-state index contributed by atoms with van der Waals surface area (Å²) in [5.41, 5.74) is 0. The van der Waals surface area contributed by atoms with Crippen LogP contribution < -0.4 is 5.32 Å². The van der Waals surface area contributed by atoms with Gasteiger partial charge in [0, 0.05) is 11.4 Å². The van der Waals surface area contributed by atoms with Crippen molar-refractivity contribution in [3.8, 4) is 0 Å². The molecule has 0 amide bonds. The van der Waals surface area contributed by atoms with E-state index in [2.05, 4.69) is 5.32 Å². The molecule has 0 aliphatic carbocycles. The minimum absolute atomic E-state index is 0.205. The Hall–Kier alpha value is -0.260. The maximum atomic E-state index is 11.7. The van der Waals surface area contributed by atoms with E-state index in [1.807, 2.05) is 0 Å². The van der Waals surface area contributed by atoms with Crippen molar-refractivity contribution in [1.82, 2.24) is 5.32 Å². The van der Waals surface area contributed by atoms with E-state index in [9.17, 15) is 13.2 Å². The Kier molecular flexibility index (Phi) is 3.58. The van der Waals surface area contributed by atoms with Crippen molar-refractivity contribution in [2.45, 2.75) is 12.7 Å². The highest BCUT2D eigenvalue weighted by atomic mass is 35.5. The second kappa shape index (κ2) is 4.30. The lowest BCUT2D eigenvalue weighted by Gasteiger charge is -2.06. The zero-order chi connectivity index (χ0) is 9.90. The van der Waals surface area contributed by atoms with Crippen molar-refractivity contribution < 1.29 is 13.2 Å². The highest BCUT2D eigenvalue weighted by molar-refractivity contribution is 7.16. The van der Waals surface area contributed by atoms with E-state index in [4.69, 9.17) is 11.6 Å². The third-order valence-corrected chi connectivity index (χ3v) is 2.48. The Balaban J connectivity index is 2.28. The van der Waals surface area contributed by atoms with Gasteiger partial charge in [0.2, 0.25) is 0 Å². The van der Waals surface area contributed by atoms with Crippen molar-refractivity contribution in [2.24, 2.45) is 0 Å². The van der Waals surface area contributed by atoms with Crippen LogP contribution >= 0.6 is 22.9 Å². The molecule has 13 heavy (non-hydrogen) atoms. The van der Waals surface area contributed by atoms with E-state index in [0.29, 0.717) is 4.34 Å². The second-order valence-corrected chi connectivity index (χ2v) is 4.22. The average Bonchev–Trinajstić information content (AvgIpc) is 2.33. The molecule has 1 N–H and O–H groups in total. The number of hydrogen-bond donors (Lipinski definition) is 1. The third-order valence-electron chi connectivity index (χ3n) is 1.25. The van der Waals surface area contributed by atoms with Crippen LogP contribution in [0.5, 0.6) is 0 Å². The fourth-order valence-corrected chi connectivity index (χ4v) is 1.83. The van der Waals surface area contributed by atoms with Crippen LogP contribution in [0.3, 0.4) is 0 Å². The molecule has 0 radical (unpaired) electrons. The Morgan fingerprint density at radius 3 is 2.54 bits per heavy atom. The van der Waals surface area contributed by atoms with Gasteiger partial charge in [0.05, 0.1) is 10.9 Å². The lowest BCUT2D eigenvalue weighted by Crippen LogP contribution is -2.27. The van der Waals surface area contributed by atoms with Gasteiger partial charge in [-0.1, -0.05) is 11.6 Å². The van der Waals surface area contributed by atoms with Crippen LogP contribution in [0.4, 0.5) is 13.2 Å². The van der Waals surface area contributed by atoms with E-state index in [-0.39, 0.29) is 6.54 Å². The molecule has 1 aromatic heterocycles. The highest BCUT2D eigenvalue weighted by Crippen LogP contribution is 2.21. The number of rotatable bonds is 3. The maximum Gasteiger partial charge on any atom is 0.401 e. The van der Waals surface area contributed by atoms with Crippen LogP contribution in [0, 0.1) is 0 Å². The molecular formula is C7H7ClF3NS. The summed E-state index contributed by atoms with van der Waals surface area (Å²) in [5.74, 6) is 0. The number of nitrogens with one attached hydrogen (secondary N) is 1. The summed E-state index contributed by atoms with van der Waals surface area (Å²) in [7, 11) is 0. The summed E-state index contributed by atoms with van der Waals surface area (Å²) in [6.07, 6.45) is -4.15. The second-order valence-electron chi connectivity index (χ2n) is 2.42. The Labute approximate surface area is 82.5 Å². The predicted octanol–water partition coefficient (Wildman–Crippen LogP) is 3.05. The van der Waals surface area contributed by atoms with Crippen LogP contribution in [-0.2, 0) is 6.54 Å². The van der Waals surface area contributed by atoms with E-state index >= 15 is 0 Å². The monoisotopic (exact) mass is 229 g/mol. The standard InChI is InChI=1S/C7H7ClF3NS/c8-6-2-1-5(13-6)3-12-4-7(9,10)11/h1-2,12H,3-4H2. The van der Waals surface area contributed by atoms with Crippen LogP contribution in [0.15, 0.2) is 12.1 Å². The smallest absolute Gasteiger partial charge is 0.304 e. The first kappa shape index (κ1) is 10.8. The third kappa shape index (κ3) is 4.50. The van der Waals surface area contributed by atoms with Gasteiger partial charge in [-0.3, -0.25) is 0 Å². The van der Waals surface area contributed by atoms with Crippen molar-refractivity contribution in [1.29, 1.82) is 0 Å². The fraction of sp³-hybridized carbons (Fsp3) is 0.429. The van der Waals surface area contributed by atoms with E-state index < -0.39 is 12.7 Å². The topological polar surface area (TPSA) is 12.0 Å². The SMILES string of the molecule is FC(F)(F)CNCc1ccc(Cl)s1. The van der Waals surface area contributed by atoms with Gasteiger partial charge in [-0.25, -0.2) is 0 Å². The number of halogens is 4. The van der Waals surface area contributed by atoms with Gasteiger partial charge in [0.15, 0.2) is 0 Å². The average molecular weight is 230 g/mol. The van der Waals surface area contributed by atoms with Crippen molar-refractivity contribution >= 4 is 22.9 Å². The molecule has 1 rings (SSSR count). The maximum absolute atomic E-state index is 11.7. The molecule has 0 bridgehead atoms. The molecule has 0 aliphatic rings. The molecule has 0 aliphatic heterocycles. The molecule has 0 aromatic carbocycles. The lowest BCUT2D eigenvalue weighted by atomic mass is 10.4. The molecule has 74 valence electrons. The number of alkyl halides is 3. The molecule has 0 atom stereocenters. The lowest BCUT2D eigenvalue weighted by molar-refractivity contribution is -0.125. The molecule has 1 heterocycles. The van der Waals surface area contributed by atoms with Crippen LogP contribution in [0.2, 0.25) is 4.34 Å². The molecule has 6 heteroatoms. The number of hydrogen-bond acceptors (Lipinski definition) is 2. The van der Waals surface area contributed by atoms with Gasteiger partial charge in [0.25, 0.3) is 0 Å². The van der Waals surface area contributed by atoms with Crippen LogP contribution in [0.1, 0.15) is 4.88 Å². The van der Waals surface area contributed by atoms with Gasteiger partial charge in [-0.05, 0) is 12.1 Å². The van der Waals surface area contributed by atoms with E-state index in [1.165, 1.54) is 11.3 Å². The first-order chi connectivity index (χ1) is 5.97. The summed E-state index contributed by atoms with van der Waals surface area (Å²) >= 11 is 6.87.